The summed E-state index contributed by atoms with van der Waals surface area (Å²) in [5, 5.41) is 0. The maximum absolute atomic E-state index is 13.0. The van der Waals surface area contributed by atoms with Crippen LogP contribution in [0.4, 0.5) is 0 Å². The Morgan fingerprint density at radius 1 is 0.389 bits per heavy atom. The molecule has 10 unspecified atom stereocenters. The number of unbranched alkanes of at least 4 members (excludes halogenated alkanes) is 2. The Kier molecular flexibility index (Phi) is 27.9. The van der Waals surface area contributed by atoms with Crippen molar-refractivity contribution in [1.82, 2.24) is 0 Å². The Balaban J connectivity index is 0.000000195. The highest BCUT2D eigenvalue weighted by atomic mass is 16.6. The topological polar surface area (TPSA) is 107 Å². The van der Waals surface area contributed by atoms with E-state index in [0.717, 1.165) is 99.2 Å². The maximum atomic E-state index is 13.0. The van der Waals surface area contributed by atoms with Crippen LogP contribution in [0.3, 0.4) is 0 Å². The fraction of sp³-hybridized carbons (Fsp3) is 0.756. The first kappa shape index (κ1) is 77.8. The third-order valence-electron chi connectivity index (χ3n) is 25.9. The highest BCUT2D eigenvalue weighted by molar-refractivity contribution is 5.73. The van der Waals surface area contributed by atoms with E-state index in [4.69, 9.17) is 28.4 Å². The molecule has 9 nitrogen and oxygen atoms in total. The number of hydrogen-bond acceptors (Lipinski definition) is 9. The molecule has 9 heteroatoms. The molecule has 15 rings (SSSR count). The second-order valence-corrected chi connectivity index (χ2v) is 32.7. The van der Waals surface area contributed by atoms with Crippen LogP contribution in [0.25, 0.3) is 0 Å². The number of hydrogen-bond donors (Lipinski definition) is 0. The van der Waals surface area contributed by atoms with E-state index in [2.05, 4.69) is 126 Å². The molecule has 0 heterocycles. The molecular weight excluding hydrogens is 1180 g/mol. The molecule has 10 atom stereocenters. The van der Waals surface area contributed by atoms with Crippen LogP contribution in [0, 0.1) is 75.4 Å². The van der Waals surface area contributed by atoms with Crippen LogP contribution in [-0.4, -0.2) is 54.5 Å². The number of rotatable bonds is 26. The average molecular weight is 1310 g/mol. The van der Waals surface area contributed by atoms with Crippen LogP contribution in [0.1, 0.15) is 320 Å². The lowest BCUT2D eigenvalue weighted by Crippen LogP contribution is -2.65. The molecule has 12 saturated carbocycles. The van der Waals surface area contributed by atoms with Crippen LogP contribution < -0.4 is 14.2 Å². The van der Waals surface area contributed by atoms with Crippen molar-refractivity contribution >= 4 is 17.9 Å². The number of esters is 3. The number of ether oxygens (including phenoxy) is 6. The van der Waals surface area contributed by atoms with Crippen molar-refractivity contribution < 1.29 is 42.8 Å². The van der Waals surface area contributed by atoms with Gasteiger partial charge < -0.3 is 28.4 Å². The summed E-state index contributed by atoms with van der Waals surface area (Å²) in [5.74, 6) is 9.43. The van der Waals surface area contributed by atoms with E-state index in [9.17, 15) is 14.4 Å². The summed E-state index contributed by atoms with van der Waals surface area (Å²) in [5.41, 5.74) is 4.59. The van der Waals surface area contributed by atoms with Crippen molar-refractivity contribution in [3.8, 4) is 17.2 Å². The van der Waals surface area contributed by atoms with E-state index >= 15 is 0 Å². The zero-order valence-electron chi connectivity index (χ0n) is 62.4. The van der Waals surface area contributed by atoms with Crippen molar-refractivity contribution in [3.63, 3.8) is 0 Å². The van der Waals surface area contributed by atoms with Crippen molar-refractivity contribution in [2.45, 2.75) is 320 Å². The summed E-state index contributed by atoms with van der Waals surface area (Å²) >= 11 is 0. The van der Waals surface area contributed by atoms with E-state index in [1.54, 1.807) is 0 Å². The lowest BCUT2D eigenvalue weighted by molar-refractivity contribution is -0.241. The molecule has 12 bridgehead atoms. The van der Waals surface area contributed by atoms with Gasteiger partial charge in [0.25, 0.3) is 0 Å². The molecule has 0 aliphatic heterocycles. The Hall–Kier alpha value is -4.53. The van der Waals surface area contributed by atoms with Crippen molar-refractivity contribution in [1.29, 1.82) is 0 Å². The van der Waals surface area contributed by atoms with Crippen LogP contribution in [-0.2, 0) is 28.6 Å². The predicted octanol–water partition coefficient (Wildman–Crippen LogP) is 23.2. The van der Waals surface area contributed by atoms with E-state index in [-0.39, 0.29) is 62.0 Å². The molecule has 95 heavy (non-hydrogen) atoms. The lowest BCUT2D eigenvalue weighted by atomic mass is 9.43. The second kappa shape index (κ2) is 34.0. The predicted molar refractivity (Wildman–Crippen MR) is 391 cm³/mol. The van der Waals surface area contributed by atoms with Gasteiger partial charge in [-0.3, -0.25) is 0 Å². The average Bonchev–Trinajstić information content (AvgIpc) is 0.727. The van der Waals surface area contributed by atoms with Crippen LogP contribution in [0.15, 0.2) is 72.8 Å². The van der Waals surface area contributed by atoms with Gasteiger partial charge in [0, 0.05) is 11.8 Å². The summed E-state index contributed by atoms with van der Waals surface area (Å²) in [4.78, 5) is 38.8. The third kappa shape index (κ3) is 17.7. The smallest absolute Gasteiger partial charge is 0.344 e. The van der Waals surface area contributed by atoms with Crippen LogP contribution in [0.2, 0.25) is 0 Å². The zero-order chi connectivity index (χ0) is 68.2. The molecule has 0 spiro atoms. The van der Waals surface area contributed by atoms with E-state index in [1.165, 1.54) is 113 Å². The fourth-order valence-corrected chi connectivity index (χ4v) is 21.4. The highest BCUT2D eigenvalue weighted by Crippen LogP contribution is 2.69. The lowest BCUT2D eigenvalue weighted by Gasteiger charge is -2.65. The first-order valence-electron chi connectivity index (χ1n) is 38.9. The summed E-state index contributed by atoms with van der Waals surface area (Å²) < 4.78 is 36.7. The molecule has 534 valence electrons. The SMILES string of the molecule is C.CC.CC.CCC(C)c1ccc(OCC(=O)OC2(C(C)CC)C3CC4CC2CC(C)(C4)C3)cc1.CCCCC1(OC(=O)COc2ccc(C(C)CC)cc2)C2CC3CC1CC(C)(C3)C2.CCCCC1(OC(=O)COc2ccc(C(C)CC)cc2)C2CC3CC1CC(C)(C3)C2. The molecular formula is C86H136O9. The molecule has 0 N–H and O–H groups in total. The first-order valence-corrected chi connectivity index (χ1v) is 38.9. The minimum atomic E-state index is -0.286. The molecule has 0 aromatic heterocycles. The molecule has 12 aliphatic rings. The standard InChI is InChI=1S/3C27H40O3.2C2H6.CH4/c1-6-18(3)21-8-10-24(11-9-21)29-17-25(28)30-27(19(4)7-2)22-12-20-13-23(27)16-26(5,14-20)15-22;2*1-5-7-12-27(22-13-20-14-23(27)17-26(4,15-20)16-22)30-25(28)18-29-24-10-8-21(9-11-24)19(3)6-2;2*1-2;/h8-11,18-20,22-23H,6-7,12-17H2,1-5H3;2*8-11,19-20,22-23H,5-7,12-18H2,1-4H3;2*1-2H3;1H4. The molecule has 0 radical (unpaired) electrons. The van der Waals surface area contributed by atoms with Crippen molar-refractivity contribution in [2.75, 3.05) is 19.8 Å². The number of carbonyl (C=O) groups is 3. The van der Waals surface area contributed by atoms with Gasteiger partial charge in [-0.25, -0.2) is 14.4 Å². The van der Waals surface area contributed by atoms with Gasteiger partial charge in [0.1, 0.15) is 34.1 Å². The number of carbonyl (C=O) groups excluding carboxylic acids is 3. The largest absolute Gasteiger partial charge is 0.482 e. The van der Waals surface area contributed by atoms with Gasteiger partial charge in [-0.1, -0.05) is 174 Å². The Bertz CT molecular complexity index is 2660. The molecule has 0 amide bonds. The molecule has 3 aromatic rings. The monoisotopic (exact) mass is 1310 g/mol. The molecule has 0 saturated heterocycles. The second-order valence-electron chi connectivity index (χ2n) is 32.7. The van der Waals surface area contributed by atoms with Crippen LogP contribution >= 0.6 is 0 Å². The van der Waals surface area contributed by atoms with Crippen LogP contribution in [0.5, 0.6) is 17.2 Å². The number of benzene rings is 3. The molecule has 12 fully saturated rings. The van der Waals surface area contributed by atoms with Crippen molar-refractivity contribution in [2.24, 2.45) is 75.4 Å². The molecule has 12 aliphatic carbocycles. The summed E-state index contributed by atoms with van der Waals surface area (Å²) in [6.45, 7) is 37.7. The normalized spacial score (nSPS) is 33.9. The van der Waals surface area contributed by atoms with E-state index < -0.39 is 0 Å². The van der Waals surface area contributed by atoms with Gasteiger partial charge >= 0.3 is 17.9 Å². The Morgan fingerprint density at radius 2 is 0.653 bits per heavy atom. The summed E-state index contributed by atoms with van der Waals surface area (Å²) in [6.07, 6.45) is 30.0. The van der Waals surface area contributed by atoms with Gasteiger partial charge in [0.2, 0.25) is 0 Å². The zero-order valence-corrected chi connectivity index (χ0v) is 62.4. The summed E-state index contributed by atoms with van der Waals surface area (Å²) in [7, 11) is 0. The van der Waals surface area contributed by atoms with Gasteiger partial charge in [-0.05, 0) is 282 Å². The quantitative estimate of drug-likeness (QED) is 0.0574. The Morgan fingerprint density at radius 3 is 0.905 bits per heavy atom. The molecule has 3 aromatic carbocycles. The minimum absolute atomic E-state index is 0. The van der Waals surface area contributed by atoms with E-state index in [1.807, 2.05) is 64.1 Å². The van der Waals surface area contributed by atoms with Gasteiger partial charge in [-0.2, -0.15) is 0 Å². The Labute approximate surface area is 580 Å². The van der Waals surface area contributed by atoms with Gasteiger partial charge in [0.15, 0.2) is 19.8 Å². The first-order chi connectivity index (χ1) is 45.0. The van der Waals surface area contributed by atoms with Gasteiger partial charge in [0.05, 0.1) is 0 Å². The van der Waals surface area contributed by atoms with Gasteiger partial charge in [-0.15, -0.1) is 0 Å². The highest BCUT2D eigenvalue weighted by Gasteiger charge is 2.66. The van der Waals surface area contributed by atoms with E-state index in [0.29, 0.717) is 75.4 Å². The van der Waals surface area contributed by atoms with Crippen molar-refractivity contribution in [3.05, 3.63) is 89.5 Å². The fourth-order valence-electron chi connectivity index (χ4n) is 21.4. The summed E-state index contributed by atoms with van der Waals surface area (Å²) in [6, 6.07) is 24.5. The maximum Gasteiger partial charge on any atom is 0.344 e. The minimum Gasteiger partial charge on any atom is -0.482 e. The third-order valence-corrected chi connectivity index (χ3v) is 25.9.